The van der Waals surface area contributed by atoms with Gasteiger partial charge in [0.1, 0.15) is 10.8 Å². The summed E-state index contributed by atoms with van der Waals surface area (Å²) in [4.78, 5) is 15.3. The zero-order chi connectivity index (χ0) is 14.9. The van der Waals surface area contributed by atoms with E-state index in [0.29, 0.717) is 26.2 Å². The van der Waals surface area contributed by atoms with E-state index in [1.165, 1.54) is 19.2 Å². The predicted octanol–water partition coefficient (Wildman–Crippen LogP) is 5.15. The number of aromatic nitrogens is 1. The monoisotopic (exact) mass is 349 g/mol. The van der Waals surface area contributed by atoms with Gasteiger partial charge in [-0.1, -0.05) is 46.4 Å². The molecule has 0 fully saturated rings. The van der Waals surface area contributed by atoms with Crippen LogP contribution in [0.2, 0.25) is 20.2 Å². The lowest BCUT2D eigenvalue weighted by Gasteiger charge is -2.09. The van der Waals surface area contributed by atoms with Crippen LogP contribution in [0.5, 0.6) is 0 Å². The van der Waals surface area contributed by atoms with Crippen molar-refractivity contribution in [2.24, 2.45) is 0 Å². The minimum absolute atomic E-state index is 0.102. The molecule has 0 spiro atoms. The predicted molar refractivity (Wildman–Crippen MR) is 81.1 cm³/mol. The summed E-state index contributed by atoms with van der Waals surface area (Å²) in [5, 5.41) is 1.14. The topological polar surface area (TPSA) is 39.2 Å². The lowest BCUT2D eigenvalue weighted by Crippen LogP contribution is -2.04. The molecule has 0 atom stereocenters. The summed E-state index contributed by atoms with van der Waals surface area (Å²) < 4.78 is 4.57. The highest BCUT2D eigenvalue weighted by molar-refractivity contribution is 6.45. The van der Waals surface area contributed by atoms with Crippen molar-refractivity contribution in [2.75, 3.05) is 7.11 Å². The Kier molecular flexibility index (Phi) is 4.76. The molecule has 2 rings (SSSR count). The van der Waals surface area contributed by atoms with Crippen LogP contribution in [-0.4, -0.2) is 18.1 Å². The molecule has 0 aliphatic carbocycles. The molecular formula is C13H7Cl4NO2. The number of benzene rings is 1. The molecule has 0 saturated carbocycles. The number of rotatable bonds is 2. The van der Waals surface area contributed by atoms with Gasteiger partial charge in [0, 0.05) is 16.1 Å². The summed E-state index contributed by atoms with van der Waals surface area (Å²) in [6.45, 7) is 0. The minimum Gasteiger partial charge on any atom is -0.464 e. The van der Waals surface area contributed by atoms with Crippen LogP contribution >= 0.6 is 46.4 Å². The molecule has 0 unspecified atom stereocenters. The summed E-state index contributed by atoms with van der Waals surface area (Å²) in [7, 11) is 1.26. The van der Waals surface area contributed by atoms with E-state index in [1.807, 2.05) is 0 Å². The number of ether oxygens (including phenoxy) is 1. The highest BCUT2D eigenvalue weighted by Crippen LogP contribution is 2.38. The van der Waals surface area contributed by atoms with Crippen molar-refractivity contribution >= 4 is 52.4 Å². The second-order valence-electron chi connectivity index (χ2n) is 3.78. The fourth-order valence-electron chi connectivity index (χ4n) is 1.61. The Morgan fingerprint density at radius 3 is 2.40 bits per heavy atom. The first-order chi connectivity index (χ1) is 9.43. The molecule has 0 aliphatic heterocycles. The standard InChI is InChI=1S/C13H7Cl4NO2/c1-20-13(19)10-3-2-7(12(17)18-10)8-4-6(14)5-9(15)11(8)16/h2-5H,1H3. The summed E-state index contributed by atoms with van der Waals surface area (Å²) in [6, 6.07) is 6.24. The van der Waals surface area contributed by atoms with E-state index in [1.54, 1.807) is 12.1 Å². The maximum absolute atomic E-state index is 11.4. The molecule has 0 amide bonds. The molecule has 1 aromatic carbocycles. The van der Waals surface area contributed by atoms with Crippen molar-refractivity contribution in [1.29, 1.82) is 0 Å². The van der Waals surface area contributed by atoms with Crippen molar-refractivity contribution in [3.8, 4) is 11.1 Å². The Balaban J connectivity index is 2.57. The van der Waals surface area contributed by atoms with Crippen LogP contribution in [-0.2, 0) is 4.74 Å². The van der Waals surface area contributed by atoms with Gasteiger partial charge < -0.3 is 4.74 Å². The minimum atomic E-state index is -0.575. The van der Waals surface area contributed by atoms with Crippen LogP contribution in [0.25, 0.3) is 11.1 Å². The summed E-state index contributed by atoms with van der Waals surface area (Å²) in [6.07, 6.45) is 0. The maximum atomic E-state index is 11.4. The molecule has 0 saturated heterocycles. The quantitative estimate of drug-likeness (QED) is 0.427. The molecular weight excluding hydrogens is 344 g/mol. The summed E-state index contributed by atoms with van der Waals surface area (Å²) >= 11 is 24.1. The van der Waals surface area contributed by atoms with Crippen LogP contribution in [0.1, 0.15) is 10.5 Å². The van der Waals surface area contributed by atoms with Crippen molar-refractivity contribution in [3.63, 3.8) is 0 Å². The van der Waals surface area contributed by atoms with E-state index in [0.717, 1.165) is 0 Å². The number of pyridine rings is 1. The number of hydrogen-bond acceptors (Lipinski definition) is 3. The molecule has 104 valence electrons. The highest BCUT2D eigenvalue weighted by Gasteiger charge is 2.15. The van der Waals surface area contributed by atoms with Gasteiger partial charge in [0.25, 0.3) is 0 Å². The zero-order valence-electron chi connectivity index (χ0n) is 10.1. The Morgan fingerprint density at radius 2 is 1.80 bits per heavy atom. The number of nitrogens with zero attached hydrogens (tertiary/aromatic N) is 1. The first kappa shape index (κ1) is 15.4. The number of carbonyl (C=O) groups is 1. The molecule has 7 heteroatoms. The molecule has 1 aromatic heterocycles. The van der Waals surface area contributed by atoms with E-state index in [-0.39, 0.29) is 10.8 Å². The van der Waals surface area contributed by atoms with E-state index in [9.17, 15) is 4.79 Å². The number of hydrogen-bond donors (Lipinski definition) is 0. The van der Waals surface area contributed by atoms with Gasteiger partial charge in [-0.15, -0.1) is 0 Å². The van der Waals surface area contributed by atoms with Crippen LogP contribution < -0.4 is 0 Å². The third-order valence-corrected chi connectivity index (χ3v) is 3.83. The average Bonchev–Trinajstić information content (AvgIpc) is 2.42. The molecule has 0 aliphatic rings. The van der Waals surface area contributed by atoms with Crippen LogP contribution in [0, 0.1) is 0 Å². The Bertz CT molecular complexity index is 688. The van der Waals surface area contributed by atoms with Crippen LogP contribution in [0.3, 0.4) is 0 Å². The lowest BCUT2D eigenvalue weighted by atomic mass is 10.1. The highest BCUT2D eigenvalue weighted by atomic mass is 35.5. The van der Waals surface area contributed by atoms with Gasteiger partial charge in [0.2, 0.25) is 0 Å². The first-order valence-corrected chi connectivity index (χ1v) is 6.85. The van der Waals surface area contributed by atoms with Gasteiger partial charge in [-0.3, -0.25) is 0 Å². The van der Waals surface area contributed by atoms with Crippen molar-refractivity contribution in [2.45, 2.75) is 0 Å². The van der Waals surface area contributed by atoms with Crippen molar-refractivity contribution in [1.82, 2.24) is 4.98 Å². The lowest BCUT2D eigenvalue weighted by molar-refractivity contribution is 0.0594. The molecule has 2 aromatic rings. The molecule has 3 nitrogen and oxygen atoms in total. The second-order valence-corrected chi connectivity index (χ2v) is 5.36. The molecule has 0 N–H and O–H groups in total. The fraction of sp³-hybridized carbons (Fsp3) is 0.0769. The van der Waals surface area contributed by atoms with Gasteiger partial charge >= 0.3 is 5.97 Å². The Morgan fingerprint density at radius 1 is 1.10 bits per heavy atom. The van der Waals surface area contributed by atoms with Gasteiger partial charge in [-0.25, -0.2) is 9.78 Å². The normalized spacial score (nSPS) is 10.4. The van der Waals surface area contributed by atoms with Gasteiger partial charge in [-0.05, 0) is 24.3 Å². The molecule has 0 radical (unpaired) electrons. The van der Waals surface area contributed by atoms with Crippen LogP contribution in [0.4, 0.5) is 0 Å². The first-order valence-electron chi connectivity index (χ1n) is 5.34. The fourth-order valence-corrected chi connectivity index (χ4v) is 2.57. The van der Waals surface area contributed by atoms with Crippen LogP contribution in [0.15, 0.2) is 24.3 Å². The van der Waals surface area contributed by atoms with Gasteiger partial charge in [0.05, 0.1) is 17.2 Å². The number of methoxy groups -OCH3 is 1. The van der Waals surface area contributed by atoms with E-state index in [2.05, 4.69) is 9.72 Å². The second kappa shape index (κ2) is 6.19. The molecule has 0 bridgehead atoms. The van der Waals surface area contributed by atoms with Gasteiger partial charge in [-0.2, -0.15) is 0 Å². The Labute approximate surface area is 135 Å². The maximum Gasteiger partial charge on any atom is 0.356 e. The molecule has 1 heterocycles. The smallest absolute Gasteiger partial charge is 0.356 e. The summed E-state index contributed by atoms with van der Waals surface area (Å²) in [5.41, 5.74) is 1.16. The zero-order valence-corrected chi connectivity index (χ0v) is 13.1. The number of halogens is 4. The van der Waals surface area contributed by atoms with Crippen molar-refractivity contribution < 1.29 is 9.53 Å². The largest absolute Gasteiger partial charge is 0.464 e. The van der Waals surface area contributed by atoms with E-state index >= 15 is 0 Å². The number of esters is 1. The third kappa shape index (κ3) is 3.01. The average molecular weight is 351 g/mol. The van der Waals surface area contributed by atoms with Gasteiger partial charge in [0.15, 0.2) is 0 Å². The SMILES string of the molecule is COC(=O)c1ccc(-c2cc(Cl)cc(Cl)c2Cl)c(Cl)n1. The van der Waals surface area contributed by atoms with E-state index < -0.39 is 5.97 Å². The molecule has 20 heavy (non-hydrogen) atoms. The van der Waals surface area contributed by atoms with Crippen molar-refractivity contribution in [3.05, 3.63) is 50.2 Å². The number of carbonyl (C=O) groups excluding carboxylic acids is 1. The third-order valence-electron chi connectivity index (χ3n) is 2.53. The summed E-state index contributed by atoms with van der Waals surface area (Å²) in [5.74, 6) is -0.575. The Hall–Kier alpha value is -1.000. The van der Waals surface area contributed by atoms with E-state index in [4.69, 9.17) is 46.4 Å².